The van der Waals surface area contributed by atoms with Gasteiger partial charge >= 0.3 is 0 Å². The monoisotopic (exact) mass is 252 g/mol. The zero-order valence-corrected chi connectivity index (χ0v) is 10.2. The highest BCUT2D eigenvalue weighted by molar-refractivity contribution is 7.99. The molecule has 0 atom stereocenters. The van der Waals surface area contributed by atoms with Crippen LogP contribution in [-0.2, 0) is 0 Å². The molecule has 0 aliphatic heterocycles. The van der Waals surface area contributed by atoms with E-state index in [1.165, 1.54) is 18.1 Å². The van der Waals surface area contributed by atoms with E-state index in [1.807, 2.05) is 0 Å². The van der Waals surface area contributed by atoms with Crippen LogP contribution in [0.25, 0.3) is 0 Å². The number of nitrogen functional groups attached to an aromatic ring is 1. The summed E-state index contributed by atoms with van der Waals surface area (Å²) in [4.78, 5) is 4.85. The van der Waals surface area contributed by atoms with Gasteiger partial charge in [0.15, 0.2) is 16.7 Å². The van der Waals surface area contributed by atoms with Crippen molar-refractivity contribution in [3.63, 3.8) is 0 Å². The van der Waals surface area contributed by atoms with Crippen molar-refractivity contribution < 1.29 is 9.47 Å². The van der Waals surface area contributed by atoms with E-state index in [4.69, 9.17) is 15.2 Å². The van der Waals surface area contributed by atoms with Crippen LogP contribution in [0.1, 0.15) is 0 Å². The van der Waals surface area contributed by atoms with Gasteiger partial charge in [0.2, 0.25) is 0 Å². The van der Waals surface area contributed by atoms with Crippen molar-refractivity contribution >= 4 is 17.4 Å². The maximum atomic E-state index is 5.92. The summed E-state index contributed by atoms with van der Waals surface area (Å²) in [5.74, 6) is 1.23. The first-order chi connectivity index (χ1) is 8.24. The highest BCUT2D eigenvalue weighted by Crippen LogP contribution is 2.38. The lowest BCUT2D eigenvalue weighted by Gasteiger charge is -2.11. The Hall–Kier alpha value is -1.89. The van der Waals surface area contributed by atoms with Gasteiger partial charge in [-0.15, -0.1) is 0 Å². The van der Waals surface area contributed by atoms with Crippen molar-refractivity contribution in [3.05, 3.63) is 18.5 Å². The van der Waals surface area contributed by atoms with E-state index >= 15 is 0 Å². The van der Waals surface area contributed by atoms with Gasteiger partial charge in [0, 0.05) is 22.7 Å². The molecule has 2 aromatic rings. The van der Waals surface area contributed by atoms with E-state index in [0.29, 0.717) is 22.3 Å². The van der Waals surface area contributed by atoms with Crippen LogP contribution in [0, 0.1) is 0 Å². The number of nitrogens with one attached hydrogen (secondary N) is 1. The molecule has 1 aromatic heterocycles. The molecular formula is C10H12N4O2S. The quantitative estimate of drug-likeness (QED) is 0.803. The number of nitrogens with two attached hydrogens (primary N) is 1. The molecule has 6 nitrogen and oxygen atoms in total. The Kier molecular flexibility index (Phi) is 3.38. The van der Waals surface area contributed by atoms with Crippen LogP contribution in [0.4, 0.5) is 5.69 Å². The number of nitrogens with zero attached hydrogens (tertiary/aromatic N) is 2. The van der Waals surface area contributed by atoms with E-state index in [9.17, 15) is 0 Å². The second-order valence-corrected chi connectivity index (χ2v) is 4.17. The van der Waals surface area contributed by atoms with Gasteiger partial charge in [0.05, 0.1) is 14.2 Å². The molecule has 0 aliphatic carbocycles. The highest BCUT2D eigenvalue weighted by atomic mass is 32.2. The standard InChI is InChI=1S/C10H12N4O2S/c1-15-7-3-6(11)9(4-8(7)16-2)17-10-12-5-13-14-10/h3-5H,11H2,1-2H3,(H,12,13,14). The number of aromatic nitrogens is 3. The van der Waals surface area contributed by atoms with Crippen molar-refractivity contribution in [3.8, 4) is 11.5 Å². The Morgan fingerprint density at radius 1 is 1.24 bits per heavy atom. The van der Waals surface area contributed by atoms with Crippen LogP contribution >= 0.6 is 11.8 Å². The molecular weight excluding hydrogens is 240 g/mol. The molecule has 0 bridgehead atoms. The van der Waals surface area contributed by atoms with E-state index < -0.39 is 0 Å². The Morgan fingerprint density at radius 3 is 2.53 bits per heavy atom. The van der Waals surface area contributed by atoms with Crippen molar-refractivity contribution in [1.82, 2.24) is 15.2 Å². The normalized spacial score (nSPS) is 10.2. The molecule has 7 heteroatoms. The zero-order chi connectivity index (χ0) is 12.3. The molecule has 0 aliphatic rings. The summed E-state index contributed by atoms with van der Waals surface area (Å²) in [6, 6.07) is 3.53. The number of hydrogen-bond acceptors (Lipinski definition) is 6. The average Bonchev–Trinajstić information content (AvgIpc) is 2.84. The molecule has 0 spiro atoms. The van der Waals surface area contributed by atoms with E-state index in [2.05, 4.69) is 15.2 Å². The molecule has 2 rings (SSSR count). The first-order valence-corrected chi connectivity index (χ1v) is 5.61. The molecule has 17 heavy (non-hydrogen) atoms. The number of ether oxygens (including phenoxy) is 2. The number of rotatable bonds is 4. The van der Waals surface area contributed by atoms with Crippen LogP contribution in [0.2, 0.25) is 0 Å². The topological polar surface area (TPSA) is 86.0 Å². The number of hydrogen-bond donors (Lipinski definition) is 2. The second-order valence-electron chi connectivity index (χ2n) is 3.14. The molecule has 0 saturated carbocycles. The lowest BCUT2D eigenvalue weighted by Crippen LogP contribution is -1.95. The minimum Gasteiger partial charge on any atom is -0.493 e. The maximum Gasteiger partial charge on any atom is 0.188 e. The Morgan fingerprint density at radius 2 is 1.94 bits per heavy atom. The lowest BCUT2D eigenvalue weighted by atomic mass is 10.3. The van der Waals surface area contributed by atoms with E-state index in [-0.39, 0.29) is 0 Å². The van der Waals surface area contributed by atoms with Gasteiger partial charge in [-0.05, 0) is 11.8 Å². The van der Waals surface area contributed by atoms with Gasteiger partial charge in [-0.25, -0.2) is 4.98 Å². The number of aromatic amines is 1. The number of anilines is 1. The molecule has 0 unspecified atom stereocenters. The fraction of sp³-hybridized carbons (Fsp3) is 0.200. The Balaban J connectivity index is 2.34. The molecule has 0 saturated heterocycles. The number of benzene rings is 1. The van der Waals surface area contributed by atoms with Gasteiger partial charge in [-0.1, -0.05) is 0 Å². The first kappa shape index (κ1) is 11.6. The van der Waals surface area contributed by atoms with Crippen LogP contribution < -0.4 is 15.2 Å². The number of methoxy groups -OCH3 is 2. The minimum atomic E-state index is 0.601. The Labute approximate surface area is 103 Å². The van der Waals surface area contributed by atoms with Crippen molar-refractivity contribution in [2.45, 2.75) is 10.1 Å². The highest BCUT2D eigenvalue weighted by Gasteiger charge is 2.11. The van der Waals surface area contributed by atoms with Crippen LogP contribution in [0.3, 0.4) is 0 Å². The fourth-order valence-corrected chi connectivity index (χ4v) is 2.06. The van der Waals surface area contributed by atoms with Crippen LogP contribution in [0.15, 0.2) is 28.5 Å². The summed E-state index contributed by atoms with van der Waals surface area (Å²) < 4.78 is 10.4. The molecule has 90 valence electrons. The summed E-state index contributed by atoms with van der Waals surface area (Å²) in [6.07, 6.45) is 1.44. The third kappa shape index (κ3) is 2.44. The van der Waals surface area contributed by atoms with E-state index in [0.717, 1.165) is 4.90 Å². The summed E-state index contributed by atoms with van der Waals surface area (Å²) in [7, 11) is 3.15. The molecule has 1 heterocycles. The van der Waals surface area contributed by atoms with Gasteiger partial charge in [0.25, 0.3) is 0 Å². The summed E-state index contributed by atoms with van der Waals surface area (Å²) in [6.45, 7) is 0. The Bertz CT molecular complexity index is 501. The molecule has 0 amide bonds. The van der Waals surface area contributed by atoms with Crippen molar-refractivity contribution in [2.75, 3.05) is 20.0 Å². The van der Waals surface area contributed by atoms with Crippen LogP contribution in [0.5, 0.6) is 11.5 Å². The van der Waals surface area contributed by atoms with Gasteiger partial charge < -0.3 is 15.2 Å². The van der Waals surface area contributed by atoms with Crippen LogP contribution in [-0.4, -0.2) is 29.4 Å². The summed E-state index contributed by atoms with van der Waals surface area (Å²) in [5.41, 5.74) is 6.52. The third-order valence-corrected chi connectivity index (χ3v) is 3.08. The predicted molar refractivity (Wildman–Crippen MR) is 64.5 cm³/mol. The fourth-order valence-electron chi connectivity index (χ4n) is 1.31. The molecule has 3 N–H and O–H groups in total. The summed E-state index contributed by atoms with van der Waals surface area (Å²) in [5, 5.41) is 7.19. The minimum absolute atomic E-state index is 0.601. The molecule has 0 fully saturated rings. The average molecular weight is 252 g/mol. The second kappa shape index (κ2) is 4.96. The van der Waals surface area contributed by atoms with Gasteiger partial charge in [0.1, 0.15) is 6.33 Å². The molecule has 0 radical (unpaired) electrons. The van der Waals surface area contributed by atoms with Crippen molar-refractivity contribution in [2.24, 2.45) is 0 Å². The summed E-state index contributed by atoms with van der Waals surface area (Å²) >= 11 is 1.38. The van der Waals surface area contributed by atoms with E-state index in [1.54, 1.807) is 26.4 Å². The van der Waals surface area contributed by atoms with Gasteiger partial charge in [-0.3, -0.25) is 5.10 Å². The predicted octanol–water partition coefficient (Wildman–Crippen LogP) is 1.56. The largest absolute Gasteiger partial charge is 0.493 e. The van der Waals surface area contributed by atoms with Gasteiger partial charge in [-0.2, -0.15) is 5.10 Å². The van der Waals surface area contributed by atoms with Crippen molar-refractivity contribution in [1.29, 1.82) is 0 Å². The zero-order valence-electron chi connectivity index (χ0n) is 9.43. The smallest absolute Gasteiger partial charge is 0.188 e. The SMILES string of the molecule is COc1cc(N)c(Sc2ncn[nH]2)cc1OC. The maximum absolute atomic E-state index is 5.92. The molecule has 1 aromatic carbocycles. The third-order valence-electron chi connectivity index (χ3n) is 2.12. The first-order valence-electron chi connectivity index (χ1n) is 4.79. The lowest BCUT2D eigenvalue weighted by molar-refractivity contribution is 0.354. The number of H-pyrrole nitrogens is 1.